The summed E-state index contributed by atoms with van der Waals surface area (Å²) >= 11 is 25.1. The van der Waals surface area contributed by atoms with Crippen LogP contribution in [0.2, 0.25) is 20.1 Å². The maximum Gasteiger partial charge on any atom is 0.307 e. The van der Waals surface area contributed by atoms with E-state index in [1.165, 1.54) is 28.9 Å². The summed E-state index contributed by atoms with van der Waals surface area (Å²) in [4.78, 5) is 42.6. The Bertz CT molecular complexity index is 3300. The molecule has 0 spiro atoms. The van der Waals surface area contributed by atoms with Gasteiger partial charge in [-0.15, -0.1) is 0 Å². The molecule has 8 rings (SSSR count). The van der Waals surface area contributed by atoms with Crippen LogP contribution >= 0.6 is 46.4 Å². The summed E-state index contributed by atoms with van der Waals surface area (Å²) in [6, 6.07) is 39.7. The van der Waals surface area contributed by atoms with Crippen LogP contribution in [0, 0.1) is 18.2 Å². The first-order valence-corrected chi connectivity index (χ1v) is 23.3. The molecule has 6 aromatic carbocycles. The Hall–Kier alpha value is -7.34. The molecule has 11 nitrogen and oxygen atoms in total. The van der Waals surface area contributed by atoms with Gasteiger partial charge in [0.2, 0.25) is 6.54 Å². The minimum Gasteiger partial charge on any atom is -0.481 e. The first-order chi connectivity index (χ1) is 33.8. The highest BCUT2D eigenvalue weighted by molar-refractivity contribution is 6.33. The third-order valence-electron chi connectivity index (χ3n) is 11.3. The number of amides is 2. The van der Waals surface area contributed by atoms with Gasteiger partial charge in [-0.2, -0.15) is 10.2 Å². The zero-order valence-electron chi connectivity index (χ0n) is 38.4. The lowest BCUT2D eigenvalue weighted by atomic mass is 9.93. The maximum atomic E-state index is 13.6. The number of rotatable bonds is 13. The summed E-state index contributed by atoms with van der Waals surface area (Å²) in [5, 5.41) is 26.7. The number of aliphatic carboxylic acids is 1. The number of para-hydroxylation sites is 2. The van der Waals surface area contributed by atoms with Gasteiger partial charge in [-0.25, -0.2) is 24.7 Å². The third kappa shape index (κ3) is 13.0. The minimum absolute atomic E-state index is 0. The molecule has 17 heteroatoms. The van der Waals surface area contributed by atoms with Crippen molar-refractivity contribution >= 4 is 64.2 Å². The van der Waals surface area contributed by atoms with Crippen LogP contribution in [0.4, 0.5) is 8.78 Å². The van der Waals surface area contributed by atoms with Gasteiger partial charge in [0, 0.05) is 26.7 Å². The molecule has 3 N–H and O–H groups in total. The summed E-state index contributed by atoms with van der Waals surface area (Å²) in [5.41, 5.74) is 3.79. The van der Waals surface area contributed by atoms with Gasteiger partial charge in [0.25, 0.3) is 11.8 Å². The second kappa shape index (κ2) is 23.9. The summed E-state index contributed by atoms with van der Waals surface area (Å²) in [7, 11) is 0. The molecular weight excluding hydrogens is 1010 g/mol. The van der Waals surface area contributed by atoms with E-state index >= 15 is 0 Å². The fourth-order valence-electron chi connectivity index (χ4n) is 7.78. The number of hydrogen-bond acceptors (Lipinski definition) is 5. The van der Waals surface area contributed by atoms with Crippen LogP contribution in [0.15, 0.2) is 146 Å². The minimum atomic E-state index is -1.13. The molecule has 0 atom stereocenters. The molecule has 0 aliphatic rings. The molecule has 376 valence electrons. The van der Waals surface area contributed by atoms with Crippen LogP contribution in [-0.2, 0) is 28.8 Å². The topological polar surface area (TPSA) is 136 Å². The highest BCUT2D eigenvalue weighted by Crippen LogP contribution is 2.36. The van der Waals surface area contributed by atoms with Crippen molar-refractivity contribution in [2.24, 2.45) is 0 Å². The number of carboxylic acids is 1. The zero-order chi connectivity index (χ0) is 51.2. The summed E-state index contributed by atoms with van der Waals surface area (Å²) in [6.07, 6.45) is -0.456. The molecule has 2 amide bonds. The Morgan fingerprint density at radius 2 is 0.932 bits per heavy atom. The average molecular weight is 1070 g/mol. The van der Waals surface area contributed by atoms with E-state index in [9.17, 15) is 28.3 Å². The number of halogens is 6. The predicted octanol–water partition coefficient (Wildman–Crippen LogP) is 14.6. The van der Waals surface area contributed by atoms with E-state index in [0.717, 1.165) is 11.1 Å². The van der Waals surface area contributed by atoms with Crippen LogP contribution in [0.5, 0.6) is 0 Å². The second-order valence-electron chi connectivity index (χ2n) is 17.2. The van der Waals surface area contributed by atoms with Crippen molar-refractivity contribution in [1.82, 2.24) is 30.2 Å². The van der Waals surface area contributed by atoms with E-state index < -0.39 is 41.1 Å². The highest BCUT2D eigenvalue weighted by Gasteiger charge is 2.33. The van der Waals surface area contributed by atoms with Crippen LogP contribution in [0.3, 0.4) is 0 Å². The number of carboxylic acid groups (broad SMARTS) is 1. The number of benzene rings is 6. The first kappa shape index (κ1) is 56.6. The zero-order valence-corrected chi connectivity index (χ0v) is 41.5. The number of aromatic nitrogens is 4. The number of nitrogens with zero attached hydrogens (tertiary/aromatic N) is 5. The van der Waals surface area contributed by atoms with E-state index in [2.05, 4.69) is 25.7 Å². The van der Waals surface area contributed by atoms with Gasteiger partial charge in [0.1, 0.15) is 11.6 Å². The molecule has 73 heavy (non-hydrogen) atoms. The Labute approximate surface area is 443 Å². The second-order valence-corrected chi connectivity index (χ2v) is 18.8. The number of carbonyl (C=O) groups excluding carboxylic acids is 2. The van der Waals surface area contributed by atoms with Crippen molar-refractivity contribution in [2.75, 3.05) is 0 Å². The number of nitrogens with one attached hydrogen (secondary N) is 2. The molecular formula is C56H51Cl4F2N7O4. The molecule has 0 radical (unpaired) electrons. The van der Waals surface area contributed by atoms with Gasteiger partial charge in [-0.3, -0.25) is 14.4 Å². The Balaban J connectivity index is 0.000000264. The highest BCUT2D eigenvalue weighted by atomic mass is 35.5. The van der Waals surface area contributed by atoms with Crippen molar-refractivity contribution in [3.63, 3.8) is 0 Å². The Morgan fingerprint density at radius 3 is 1.29 bits per heavy atom. The molecule has 0 fully saturated rings. The number of hydrogen-bond donors (Lipinski definition) is 3. The quantitative estimate of drug-likeness (QED) is 0.0984. The van der Waals surface area contributed by atoms with Gasteiger partial charge in [-0.1, -0.05) is 134 Å². The Morgan fingerprint density at radius 1 is 0.575 bits per heavy atom. The molecule has 2 aromatic heterocycles. The van der Waals surface area contributed by atoms with Crippen molar-refractivity contribution in [3.8, 4) is 33.9 Å². The lowest BCUT2D eigenvalue weighted by molar-refractivity contribution is -0.136. The molecule has 0 aliphatic heterocycles. The SMILES string of the molecule is C.C.CC(C)(NC(=O)c1nn(-c2ccccc2Cl)c(-c2ccc(Cl)cc2)c1CC(=O)O)c1ccc(F)cc1.[C-]#[N+]Cc1c(C(=O)NC(C)(C)c2ccc(F)cc2)nn(-c2ccccc2Cl)c1-c1ccc(Cl)cc1. The van der Waals surface area contributed by atoms with Gasteiger partial charge in [-0.05, 0) is 112 Å². The summed E-state index contributed by atoms with van der Waals surface area (Å²) < 4.78 is 29.9. The molecule has 0 saturated heterocycles. The monoisotopic (exact) mass is 1060 g/mol. The van der Waals surface area contributed by atoms with E-state index in [0.29, 0.717) is 59.5 Å². The van der Waals surface area contributed by atoms with Gasteiger partial charge < -0.3 is 20.6 Å². The molecule has 0 unspecified atom stereocenters. The van der Waals surface area contributed by atoms with E-state index in [1.54, 1.807) is 122 Å². The van der Waals surface area contributed by atoms with Gasteiger partial charge in [0.15, 0.2) is 11.4 Å². The maximum absolute atomic E-state index is 13.6. The predicted molar refractivity (Wildman–Crippen MR) is 287 cm³/mol. The molecule has 0 bridgehead atoms. The lowest BCUT2D eigenvalue weighted by Crippen LogP contribution is -2.41. The smallest absolute Gasteiger partial charge is 0.307 e. The van der Waals surface area contributed by atoms with Crippen molar-refractivity contribution < 1.29 is 28.3 Å². The van der Waals surface area contributed by atoms with Crippen LogP contribution in [0.1, 0.15) is 85.8 Å². The van der Waals surface area contributed by atoms with Gasteiger partial charge in [0.05, 0.1) is 55.9 Å². The van der Waals surface area contributed by atoms with Crippen molar-refractivity contribution in [1.29, 1.82) is 0 Å². The molecule has 0 saturated carbocycles. The Kier molecular flexibility index (Phi) is 18.5. The van der Waals surface area contributed by atoms with E-state index in [1.807, 2.05) is 32.0 Å². The lowest BCUT2D eigenvalue weighted by Gasteiger charge is -2.26. The van der Waals surface area contributed by atoms with Crippen LogP contribution in [-0.4, -0.2) is 42.5 Å². The average Bonchev–Trinajstić information content (AvgIpc) is 3.89. The fourth-order valence-corrected chi connectivity index (χ4v) is 8.46. The molecule has 0 aliphatic carbocycles. The summed E-state index contributed by atoms with van der Waals surface area (Å²) in [6.45, 7) is 14.6. The summed E-state index contributed by atoms with van der Waals surface area (Å²) in [5.74, 6) is -2.92. The standard InChI is InChI=1S/C27H21Cl2FN4O.C27H22Cl2FN3O3.2CH4/c1-27(2,18-10-14-20(30)15-11-18)32-26(35)24-21(16-31-3)25(17-8-12-19(28)13-9-17)34(33-24)23-7-5-4-6-22(23)29;1-27(2,17-9-13-19(30)14-10-17)31-26(36)24-20(15-23(34)35)25(16-7-11-18(28)12-8-16)33(32-24)22-6-4-3-5-21(22)29;;/h4-15H,16H2,1-2H3,(H,32,35);3-14H,15H2,1-2H3,(H,31,36)(H,34,35);2*1H4. The van der Waals surface area contributed by atoms with E-state index in [4.69, 9.17) is 53.0 Å². The number of carbonyl (C=O) groups is 3. The van der Waals surface area contributed by atoms with Crippen LogP contribution < -0.4 is 10.6 Å². The van der Waals surface area contributed by atoms with Crippen molar-refractivity contribution in [2.45, 2.75) is 66.6 Å². The largest absolute Gasteiger partial charge is 0.481 e. The first-order valence-electron chi connectivity index (χ1n) is 21.8. The normalized spacial score (nSPS) is 11.0. The van der Waals surface area contributed by atoms with Crippen molar-refractivity contribution in [3.05, 3.63) is 222 Å². The fraction of sp³-hybridized carbons (Fsp3) is 0.179. The van der Waals surface area contributed by atoms with Gasteiger partial charge >= 0.3 is 5.97 Å². The third-order valence-corrected chi connectivity index (χ3v) is 12.5. The molecule has 8 aromatic rings. The molecule has 2 heterocycles. The van der Waals surface area contributed by atoms with E-state index in [-0.39, 0.29) is 44.2 Å². The van der Waals surface area contributed by atoms with Crippen LogP contribution in [0.25, 0.3) is 38.7 Å².